The molecule has 0 amide bonds. The highest BCUT2D eigenvalue weighted by Crippen LogP contribution is 2.63. The molecule has 0 bridgehead atoms. The number of aromatic nitrogens is 2. The standard InChI is InChI=1S/C85H72N4O2/c1-82(2,3)58-24-20-23-54(45-58)56-40-44-80(86-52-56)89-74-34-15-11-28-67(74)68-42-41-63(51-77(68)89)90-62-26-21-25-61(50-62)87-53-88(76-36-17-16-35-75(76)87)81-64(29-22-30-65(81)57-46-59(83(4,5)6)49-60(47-57)84(7,8)9)55-39-43-71-69(48-55)66-27-10-12-31-70(66)85(71)72-32-13-18-37-78(72)91-79-38-19-14-33-73(79)85/h10-52H,53H2,1-9H3. The minimum absolute atomic E-state index is 0.0447. The SMILES string of the molecule is CC(C)(C)c1cccc(-c2ccc(-n3c4ccccc4c4ccc(Oc5cccc(N6CN(c7c(-c8cc(C(C)(C)C)cc(C(C)(C)C)c8)cccc7-c7ccc8c(c7)-c7ccccc7C87c8ccccc8Oc8ccccc87)c7ccccc76)c5)cc43)nc2)c1. The van der Waals surface area contributed by atoms with E-state index in [9.17, 15) is 0 Å². The van der Waals surface area contributed by atoms with E-state index >= 15 is 0 Å². The Morgan fingerprint density at radius 2 is 0.956 bits per heavy atom. The lowest BCUT2D eigenvalue weighted by molar-refractivity contribution is 0.436. The van der Waals surface area contributed by atoms with Crippen LogP contribution in [-0.2, 0) is 21.7 Å². The van der Waals surface area contributed by atoms with Gasteiger partial charge >= 0.3 is 0 Å². The number of benzene rings is 11. The Morgan fingerprint density at radius 3 is 1.67 bits per heavy atom. The van der Waals surface area contributed by atoms with Gasteiger partial charge in [-0.3, -0.25) is 4.57 Å². The molecule has 0 atom stereocenters. The second-order valence-electron chi connectivity index (χ2n) is 28.0. The van der Waals surface area contributed by atoms with Gasteiger partial charge in [-0.1, -0.05) is 232 Å². The van der Waals surface area contributed by atoms with Crippen molar-refractivity contribution in [2.24, 2.45) is 0 Å². The Balaban J connectivity index is 0.805. The fourth-order valence-corrected chi connectivity index (χ4v) is 14.6. The molecule has 0 fully saturated rings. The van der Waals surface area contributed by atoms with Crippen molar-refractivity contribution in [2.45, 2.75) is 84.0 Å². The van der Waals surface area contributed by atoms with E-state index in [2.05, 4.69) is 331 Å². The molecule has 13 aromatic rings. The van der Waals surface area contributed by atoms with Crippen LogP contribution in [0.5, 0.6) is 23.0 Å². The Labute approximate surface area is 534 Å². The van der Waals surface area contributed by atoms with Crippen LogP contribution in [0.4, 0.5) is 22.7 Å². The summed E-state index contributed by atoms with van der Waals surface area (Å²) < 4.78 is 16.0. The highest BCUT2D eigenvalue weighted by Gasteiger charge is 2.51. The lowest BCUT2D eigenvalue weighted by atomic mass is 9.66. The van der Waals surface area contributed by atoms with E-state index in [0.29, 0.717) is 6.67 Å². The van der Waals surface area contributed by atoms with Gasteiger partial charge in [-0.25, -0.2) is 4.98 Å². The molecule has 11 aromatic carbocycles. The smallest absolute Gasteiger partial charge is 0.137 e. The molecule has 2 aromatic heterocycles. The van der Waals surface area contributed by atoms with Crippen LogP contribution in [0.15, 0.2) is 261 Å². The molecule has 0 unspecified atom stereocenters. The van der Waals surface area contributed by atoms with E-state index in [4.69, 9.17) is 14.5 Å². The number of hydrogen-bond acceptors (Lipinski definition) is 5. The summed E-state index contributed by atoms with van der Waals surface area (Å²) in [7, 11) is 0. The van der Waals surface area contributed by atoms with Crippen LogP contribution in [0.1, 0.15) is 101 Å². The summed E-state index contributed by atoms with van der Waals surface area (Å²) in [6.07, 6.45) is 2.00. The molecule has 0 saturated heterocycles. The van der Waals surface area contributed by atoms with Gasteiger partial charge in [0.25, 0.3) is 0 Å². The fourth-order valence-electron chi connectivity index (χ4n) is 14.6. The summed E-state index contributed by atoms with van der Waals surface area (Å²) in [5, 5.41) is 2.30. The van der Waals surface area contributed by atoms with E-state index in [1.54, 1.807) is 0 Å². The van der Waals surface area contributed by atoms with E-state index in [0.717, 1.165) is 107 Å². The maximum atomic E-state index is 6.98. The van der Waals surface area contributed by atoms with Crippen molar-refractivity contribution in [1.29, 1.82) is 0 Å². The Morgan fingerprint density at radius 1 is 0.385 bits per heavy atom. The first-order valence-corrected chi connectivity index (χ1v) is 31.9. The zero-order valence-electron chi connectivity index (χ0n) is 53.1. The second-order valence-corrected chi connectivity index (χ2v) is 28.0. The van der Waals surface area contributed by atoms with E-state index in [1.165, 1.54) is 50.1 Å². The van der Waals surface area contributed by atoms with Crippen LogP contribution < -0.4 is 19.3 Å². The maximum absolute atomic E-state index is 6.98. The van der Waals surface area contributed by atoms with Gasteiger partial charge in [-0.15, -0.1) is 0 Å². The molecule has 0 radical (unpaired) electrons. The fraction of sp³-hybridized carbons (Fsp3) is 0.165. The predicted octanol–water partition coefficient (Wildman–Crippen LogP) is 22.6. The highest BCUT2D eigenvalue weighted by molar-refractivity contribution is 6.09. The van der Waals surface area contributed by atoms with Gasteiger partial charge in [0.2, 0.25) is 0 Å². The van der Waals surface area contributed by atoms with Gasteiger partial charge in [-0.05, 0) is 145 Å². The topological polar surface area (TPSA) is 42.8 Å². The van der Waals surface area contributed by atoms with Crippen molar-refractivity contribution in [3.05, 3.63) is 300 Å². The average Bonchev–Trinajstić information content (AvgIpc) is 1.56. The van der Waals surface area contributed by atoms with Crippen LogP contribution in [-0.4, -0.2) is 16.2 Å². The summed E-state index contributed by atoms with van der Waals surface area (Å²) in [5.41, 5.74) is 24.0. The summed E-state index contributed by atoms with van der Waals surface area (Å²) in [5.74, 6) is 4.11. The van der Waals surface area contributed by atoms with Gasteiger partial charge < -0.3 is 19.3 Å². The third kappa shape index (κ3) is 9.16. The predicted molar refractivity (Wildman–Crippen MR) is 377 cm³/mol. The second kappa shape index (κ2) is 20.8. The van der Waals surface area contributed by atoms with Gasteiger partial charge in [-0.2, -0.15) is 0 Å². The number of para-hydroxylation sites is 6. The Hall–Kier alpha value is -10.4. The summed E-state index contributed by atoms with van der Waals surface area (Å²) in [4.78, 5) is 10.1. The summed E-state index contributed by atoms with van der Waals surface area (Å²) >= 11 is 0. The van der Waals surface area contributed by atoms with Gasteiger partial charge in [0, 0.05) is 62.6 Å². The van der Waals surface area contributed by atoms with Crippen molar-refractivity contribution in [3.63, 3.8) is 0 Å². The first-order chi connectivity index (χ1) is 44.0. The molecule has 6 heteroatoms. The summed E-state index contributed by atoms with van der Waals surface area (Å²) in [6.45, 7) is 21.3. The summed E-state index contributed by atoms with van der Waals surface area (Å²) in [6, 6.07) is 93.4. The van der Waals surface area contributed by atoms with Crippen LogP contribution in [0.25, 0.3) is 72.1 Å². The minimum Gasteiger partial charge on any atom is -0.457 e. The molecule has 3 aliphatic rings. The van der Waals surface area contributed by atoms with Gasteiger partial charge in [0.1, 0.15) is 35.5 Å². The first-order valence-electron chi connectivity index (χ1n) is 31.9. The highest BCUT2D eigenvalue weighted by atomic mass is 16.5. The van der Waals surface area contributed by atoms with Crippen LogP contribution in [0.3, 0.4) is 0 Å². The number of fused-ring (bicyclic) bond motifs is 13. The van der Waals surface area contributed by atoms with E-state index in [1.807, 2.05) is 6.20 Å². The molecule has 16 rings (SSSR count). The molecule has 6 nitrogen and oxygen atoms in total. The largest absolute Gasteiger partial charge is 0.457 e. The molecule has 91 heavy (non-hydrogen) atoms. The van der Waals surface area contributed by atoms with Crippen molar-refractivity contribution >= 4 is 44.6 Å². The number of ether oxygens (including phenoxy) is 2. The first kappa shape index (κ1) is 55.9. The molecule has 4 heterocycles. The average molecular weight is 1180 g/mol. The third-order valence-corrected chi connectivity index (χ3v) is 19.2. The molecule has 1 aliphatic carbocycles. The molecular formula is C85H72N4O2. The number of rotatable bonds is 8. The lowest BCUT2D eigenvalue weighted by Gasteiger charge is -2.39. The molecular weight excluding hydrogens is 1110 g/mol. The van der Waals surface area contributed by atoms with Gasteiger partial charge in [0.15, 0.2) is 0 Å². The van der Waals surface area contributed by atoms with E-state index < -0.39 is 5.41 Å². The number of pyridine rings is 1. The quantitative estimate of drug-likeness (QED) is 0.152. The van der Waals surface area contributed by atoms with Crippen molar-refractivity contribution in [2.75, 3.05) is 16.5 Å². The molecule has 444 valence electrons. The molecule has 1 spiro atoms. The minimum atomic E-state index is -0.568. The monoisotopic (exact) mass is 1180 g/mol. The normalized spacial score (nSPS) is 13.9. The van der Waals surface area contributed by atoms with E-state index in [-0.39, 0.29) is 16.2 Å². The van der Waals surface area contributed by atoms with Crippen LogP contribution in [0, 0.1) is 0 Å². The lowest BCUT2D eigenvalue weighted by Crippen LogP contribution is -2.32. The number of hydrogen-bond donors (Lipinski definition) is 0. The Bertz CT molecular complexity index is 4990. The maximum Gasteiger partial charge on any atom is 0.137 e. The zero-order chi connectivity index (χ0) is 62.1. The molecule has 0 N–H and O–H groups in total. The third-order valence-electron chi connectivity index (χ3n) is 19.2. The molecule has 0 saturated carbocycles. The number of anilines is 4. The zero-order valence-corrected chi connectivity index (χ0v) is 53.1. The van der Waals surface area contributed by atoms with Crippen molar-refractivity contribution < 1.29 is 9.47 Å². The Kier molecular flexibility index (Phi) is 12.8. The van der Waals surface area contributed by atoms with Gasteiger partial charge in [0.05, 0.1) is 33.5 Å². The number of nitrogens with zero attached hydrogens (tertiary/aromatic N) is 4. The van der Waals surface area contributed by atoms with Crippen LogP contribution >= 0.6 is 0 Å². The van der Waals surface area contributed by atoms with Crippen molar-refractivity contribution in [1.82, 2.24) is 9.55 Å². The van der Waals surface area contributed by atoms with Crippen LogP contribution in [0.2, 0.25) is 0 Å². The molecule has 2 aliphatic heterocycles. The van der Waals surface area contributed by atoms with Crippen molar-refractivity contribution in [3.8, 4) is 73.3 Å².